The number of H-pyrrole nitrogens is 1. The fourth-order valence-electron chi connectivity index (χ4n) is 2.47. The van der Waals surface area contributed by atoms with Gasteiger partial charge in [-0.1, -0.05) is 18.2 Å². The fraction of sp³-hybridized carbons (Fsp3) is 0.333. The molecule has 1 atom stereocenters. The van der Waals surface area contributed by atoms with Crippen molar-refractivity contribution in [2.75, 3.05) is 6.54 Å². The van der Waals surface area contributed by atoms with Crippen molar-refractivity contribution in [1.29, 1.82) is 0 Å². The molecule has 6 heteroatoms. The molecule has 0 amide bonds. The zero-order valence-electron chi connectivity index (χ0n) is 9.34. The summed E-state index contributed by atoms with van der Waals surface area (Å²) in [5.74, 6) is 0. The molecular formula is C12H12ClF3N2. The number of alkyl halides is 3. The third-order valence-electron chi connectivity index (χ3n) is 3.17. The number of nitrogens with one attached hydrogen (secondary N) is 2. The van der Waals surface area contributed by atoms with E-state index in [1.165, 1.54) is 0 Å². The van der Waals surface area contributed by atoms with Crippen molar-refractivity contribution in [3.63, 3.8) is 0 Å². The average molecular weight is 277 g/mol. The van der Waals surface area contributed by atoms with Crippen LogP contribution in [0.25, 0.3) is 10.9 Å². The quantitative estimate of drug-likeness (QED) is 0.759. The highest BCUT2D eigenvalue weighted by Crippen LogP contribution is 2.40. The smallest absolute Gasteiger partial charge is 0.358 e. The molecule has 2 aromatic rings. The van der Waals surface area contributed by atoms with Crippen LogP contribution in [0.3, 0.4) is 0 Å². The van der Waals surface area contributed by atoms with E-state index in [4.69, 9.17) is 0 Å². The first kappa shape index (κ1) is 13.2. The maximum absolute atomic E-state index is 12.9. The first-order valence-corrected chi connectivity index (χ1v) is 5.47. The van der Waals surface area contributed by atoms with Crippen LogP contribution in [0.2, 0.25) is 0 Å². The number of para-hydroxylation sites is 1. The van der Waals surface area contributed by atoms with Gasteiger partial charge in [-0.25, -0.2) is 0 Å². The van der Waals surface area contributed by atoms with E-state index in [-0.39, 0.29) is 12.4 Å². The number of aromatic nitrogens is 1. The molecule has 1 aliphatic rings. The molecule has 0 fully saturated rings. The van der Waals surface area contributed by atoms with Crippen LogP contribution in [0.5, 0.6) is 0 Å². The van der Waals surface area contributed by atoms with Gasteiger partial charge in [0.1, 0.15) is 6.04 Å². The Balaban J connectivity index is 0.00000120. The van der Waals surface area contributed by atoms with Gasteiger partial charge in [-0.3, -0.25) is 0 Å². The molecular weight excluding hydrogens is 265 g/mol. The Labute approximate surface area is 108 Å². The Kier molecular flexibility index (Phi) is 3.29. The first-order valence-electron chi connectivity index (χ1n) is 5.47. The van der Waals surface area contributed by atoms with Crippen molar-refractivity contribution < 1.29 is 13.2 Å². The number of hydrogen-bond acceptors (Lipinski definition) is 1. The van der Waals surface area contributed by atoms with Crippen LogP contribution in [0.1, 0.15) is 17.3 Å². The molecule has 1 unspecified atom stereocenters. The lowest BCUT2D eigenvalue weighted by atomic mass is 9.97. The van der Waals surface area contributed by atoms with Gasteiger partial charge in [0.25, 0.3) is 0 Å². The van der Waals surface area contributed by atoms with E-state index < -0.39 is 12.2 Å². The molecule has 2 nitrogen and oxygen atoms in total. The predicted molar refractivity (Wildman–Crippen MR) is 66.0 cm³/mol. The molecule has 3 rings (SSSR count). The molecule has 2 heterocycles. The van der Waals surface area contributed by atoms with Crippen LogP contribution < -0.4 is 5.32 Å². The summed E-state index contributed by atoms with van der Waals surface area (Å²) in [6.45, 7) is 0.351. The summed E-state index contributed by atoms with van der Waals surface area (Å²) in [6.07, 6.45) is -3.64. The normalized spacial score (nSPS) is 19.4. The highest BCUT2D eigenvalue weighted by atomic mass is 35.5. The number of rotatable bonds is 0. The number of hydrogen-bond donors (Lipinski definition) is 2. The topological polar surface area (TPSA) is 27.8 Å². The van der Waals surface area contributed by atoms with Gasteiger partial charge in [-0.15, -0.1) is 12.4 Å². The second-order valence-electron chi connectivity index (χ2n) is 4.24. The number of aromatic amines is 1. The van der Waals surface area contributed by atoms with Crippen LogP contribution in [0, 0.1) is 0 Å². The van der Waals surface area contributed by atoms with Gasteiger partial charge >= 0.3 is 6.18 Å². The van der Waals surface area contributed by atoms with Gasteiger partial charge < -0.3 is 10.3 Å². The third kappa shape index (κ3) is 1.97. The molecule has 0 bridgehead atoms. The van der Waals surface area contributed by atoms with Crippen LogP contribution in [-0.2, 0) is 6.42 Å². The second-order valence-corrected chi connectivity index (χ2v) is 4.24. The molecule has 0 radical (unpaired) electrons. The summed E-state index contributed by atoms with van der Waals surface area (Å²) < 4.78 is 38.8. The monoisotopic (exact) mass is 276 g/mol. The molecule has 0 aliphatic carbocycles. The van der Waals surface area contributed by atoms with E-state index in [1.807, 2.05) is 6.07 Å². The van der Waals surface area contributed by atoms with Crippen LogP contribution in [0.4, 0.5) is 13.2 Å². The van der Waals surface area contributed by atoms with Gasteiger partial charge in [0, 0.05) is 35.1 Å². The maximum Gasteiger partial charge on any atom is 0.407 e. The Bertz CT molecular complexity index is 562. The van der Waals surface area contributed by atoms with E-state index in [9.17, 15) is 13.2 Å². The molecule has 2 N–H and O–H groups in total. The van der Waals surface area contributed by atoms with Crippen LogP contribution in [-0.4, -0.2) is 17.7 Å². The Morgan fingerprint density at radius 3 is 2.61 bits per heavy atom. The molecule has 1 aliphatic heterocycles. The summed E-state index contributed by atoms with van der Waals surface area (Å²) in [7, 11) is 0. The third-order valence-corrected chi connectivity index (χ3v) is 3.17. The first-order chi connectivity index (χ1) is 8.07. The Morgan fingerprint density at radius 2 is 1.89 bits per heavy atom. The van der Waals surface area contributed by atoms with Gasteiger partial charge in [0.15, 0.2) is 0 Å². The Hall–Kier alpha value is -1.20. The molecule has 1 aromatic carbocycles. The van der Waals surface area contributed by atoms with E-state index in [2.05, 4.69) is 10.3 Å². The average Bonchev–Trinajstić information content (AvgIpc) is 2.65. The summed E-state index contributed by atoms with van der Waals surface area (Å²) >= 11 is 0. The number of benzene rings is 1. The summed E-state index contributed by atoms with van der Waals surface area (Å²) in [5, 5.41) is 3.21. The minimum atomic E-state index is -4.25. The minimum absolute atomic E-state index is 0. The Morgan fingerprint density at radius 1 is 1.17 bits per heavy atom. The van der Waals surface area contributed by atoms with Crippen molar-refractivity contribution in [3.05, 3.63) is 35.5 Å². The zero-order valence-corrected chi connectivity index (χ0v) is 10.2. The van der Waals surface area contributed by atoms with Gasteiger partial charge in [0.2, 0.25) is 0 Å². The zero-order chi connectivity index (χ0) is 12.0. The van der Waals surface area contributed by atoms with E-state index >= 15 is 0 Å². The molecule has 18 heavy (non-hydrogen) atoms. The van der Waals surface area contributed by atoms with Crippen LogP contribution in [0.15, 0.2) is 24.3 Å². The lowest BCUT2D eigenvalue weighted by molar-refractivity contribution is -0.158. The van der Waals surface area contributed by atoms with Crippen LogP contribution >= 0.6 is 12.4 Å². The van der Waals surface area contributed by atoms with Crippen molar-refractivity contribution in [2.45, 2.75) is 18.6 Å². The lowest BCUT2D eigenvalue weighted by Crippen LogP contribution is -2.39. The molecule has 98 valence electrons. The molecule has 0 saturated carbocycles. The highest BCUT2D eigenvalue weighted by molar-refractivity contribution is 5.86. The summed E-state index contributed by atoms with van der Waals surface area (Å²) in [5.41, 5.74) is 1.84. The molecule has 0 saturated heterocycles. The van der Waals surface area contributed by atoms with Crippen molar-refractivity contribution in [3.8, 4) is 0 Å². The number of halogens is 4. The van der Waals surface area contributed by atoms with Gasteiger partial charge in [-0.05, 0) is 6.07 Å². The van der Waals surface area contributed by atoms with E-state index in [1.54, 1.807) is 18.2 Å². The summed E-state index contributed by atoms with van der Waals surface area (Å²) in [6, 6.07) is 5.57. The molecule has 0 spiro atoms. The minimum Gasteiger partial charge on any atom is -0.358 e. The predicted octanol–water partition coefficient (Wildman–Crippen LogP) is 3.34. The van der Waals surface area contributed by atoms with E-state index in [0.29, 0.717) is 29.6 Å². The SMILES string of the molecule is Cl.FC(F)(F)C1NCCc2[nH]c3ccccc3c21. The fourth-order valence-corrected chi connectivity index (χ4v) is 2.47. The van der Waals surface area contributed by atoms with Crippen molar-refractivity contribution in [2.24, 2.45) is 0 Å². The second kappa shape index (κ2) is 4.48. The standard InChI is InChI=1S/C12H11F3N2.ClH/c13-12(14,15)11-10-7-3-1-2-4-8(7)17-9(10)5-6-16-11;/h1-4,11,16-17H,5-6H2;1H. The number of fused-ring (bicyclic) bond motifs is 3. The summed E-state index contributed by atoms with van der Waals surface area (Å²) in [4.78, 5) is 3.08. The molecule has 1 aromatic heterocycles. The maximum atomic E-state index is 12.9. The van der Waals surface area contributed by atoms with Gasteiger partial charge in [0.05, 0.1) is 0 Å². The highest BCUT2D eigenvalue weighted by Gasteiger charge is 2.44. The van der Waals surface area contributed by atoms with E-state index in [0.717, 1.165) is 5.52 Å². The van der Waals surface area contributed by atoms with Crippen molar-refractivity contribution >= 4 is 23.3 Å². The lowest BCUT2D eigenvalue weighted by Gasteiger charge is -2.26. The van der Waals surface area contributed by atoms with Gasteiger partial charge in [-0.2, -0.15) is 13.2 Å². The largest absolute Gasteiger partial charge is 0.407 e. The van der Waals surface area contributed by atoms with Crippen molar-refractivity contribution in [1.82, 2.24) is 10.3 Å².